The van der Waals surface area contributed by atoms with E-state index in [1.165, 1.54) is 46.8 Å². The molecule has 20 aromatic rings. The number of aryl methyl sites for hydroxylation is 6. The van der Waals surface area contributed by atoms with Gasteiger partial charge in [0.25, 0.3) is 0 Å². The van der Waals surface area contributed by atoms with E-state index < -0.39 is 49.2 Å². The number of nitrogens with zero attached hydrogens (tertiary/aromatic N) is 25. The molecule has 0 N–H and O–H groups in total. The first kappa shape index (κ1) is 108. The van der Waals surface area contributed by atoms with Crippen molar-refractivity contribution in [2.75, 3.05) is 111 Å². The molecule has 0 unspecified atom stereocenters. The number of fused-ring (bicyclic) bond motifs is 15. The predicted molar refractivity (Wildman–Crippen MR) is 579 cm³/mol. The molecular formula is C105H116ClN25O13S5. The maximum absolute atomic E-state index is 13.4. The summed E-state index contributed by atoms with van der Waals surface area (Å²) in [5.41, 5.74) is 10.6. The van der Waals surface area contributed by atoms with E-state index in [-0.39, 0.29) is 85.3 Å². The molecule has 0 amide bonds. The number of aromatic nitrogens is 20. The van der Waals surface area contributed by atoms with Gasteiger partial charge >= 0.3 is 0 Å². The van der Waals surface area contributed by atoms with Gasteiger partial charge in [-0.15, -0.1) is 25.5 Å². The molecule has 0 saturated heterocycles. The van der Waals surface area contributed by atoms with Crippen LogP contribution < -0.4 is 38.7 Å². The van der Waals surface area contributed by atoms with Gasteiger partial charge in [0.2, 0.25) is 74.3 Å². The average Bonchev–Trinajstić information content (AvgIpc) is 1.63. The summed E-state index contributed by atoms with van der Waals surface area (Å²) in [6.07, 6.45) is 0. The molecule has 20 rings (SSSR count). The summed E-state index contributed by atoms with van der Waals surface area (Å²) in [5, 5.41) is 44.9. The number of rotatable bonds is 28. The van der Waals surface area contributed by atoms with Crippen LogP contribution in [-0.4, -0.2) is 228 Å². The minimum Gasteiger partial charge on any atom is -0.496 e. The summed E-state index contributed by atoms with van der Waals surface area (Å²) in [4.78, 5) is 34.9. The van der Waals surface area contributed by atoms with E-state index in [1.54, 1.807) is 137 Å². The second-order valence-corrected chi connectivity index (χ2v) is 44.2. The van der Waals surface area contributed by atoms with Crippen LogP contribution in [0.5, 0.6) is 17.2 Å². The predicted octanol–water partition coefficient (Wildman–Crippen LogP) is 17.9. The van der Waals surface area contributed by atoms with Gasteiger partial charge in [0.05, 0.1) is 73.4 Å². The highest BCUT2D eigenvalue weighted by molar-refractivity contribution is 7.92. The van der Waals surface area contributed by atoms with Gasteiger partial charge in [-0.1, -0.05) is 141 Å². The molecule has 0 aliphatic heterocycles. The Morgan fingerprint density at radius 1 is 0.255 bits per heavy atom. The van der Waals surface area contributed by atoms with Crippen LogP contribution in [0.1, 0.15) is 110 Å². The number of ether oxygens (including phenoxy) is 3. The van der Waals surface area contributed by atoms with Gasteiger partial charge in [-0.3, -0.25) is 0 Å². The summed E-state index contributed by atoms with van der Waals surface area (Å²) in [6.45, 7) is 39.5. The Morgan fingerprint density at radius 3 is 0.678 bits per heavy atom. The maximum atomic E-state index is 13.4. The van der Waals surface area contributed by atoms with Crippen LogP contribution in [0.15, 0.2) is 262 Å². The van der Waals surface area contributed by atoms with E-state index in [4.69, 9.17) is 50.7 Å². The minimum absolute atomic E-state index is 0. The maximum Gasteiger partial charge on any atom is 0.229 e. The Kier molecular flexibility index (Phi) is 32.1. The van der Waals surface area contributed by atoms with Crippen LogP contribution in [-0.2, 0) is 49.2 Å². The van der Waals surface area contributed by atoms with Crippen molar-refractivity contribution in [2.45, 2.75) is 168 Å². The van der Waals surface area contributed by atoms with Crippen LogP contribution in [0, 0.1) is 41.5 Å². The lowest BCUT2D eigenvalue weighted by molar-refractivity contribution is 0.412. The molecule has 0 aliphatic rings. The second-order valence-electron chi connectivity index (χ2n) is 34.5. The number of sulfone groups is 5. The van der Waals surface area contributed by atoms with E-state index in [1.807, 2.05) is 184 Å². The topological polar surface area (TPSA) is 430 Å². The molecule has 10 heterocycles. The summed E-state index contributed by atoms with van der Waals surface area (Å²) < 4.78 is 156. The van der Waals surface area contributed by atoms with Crippen molar-refractivity contribution in [3.8, 4) is 17.2 Å². The van der Waals surface area contributed by atoms with Gasteiger partial charge in [0, 0.05) is 116 Å². The van der Waals surface area contributed by atoms with Gasteiger partial charge in [0.15, 0.2) is 28.2 Å². The molecule has 10 aromatic carbocycles. The number of hydrogen-bond acceptors (Lipinski definition) is 33. The Balaban J connectivity index is 0.000000139. The highest BCUT2D eigenvalue weighted by Crippen LogP contribution is 2.41. The van der Waals surface area contributed by atoms with Crippen LogP contribution >= 0.6 is 11.6 Å². The standard InChI is InChI=1S/C22H25N5O3S.C21H22ClN5O3S.C21H23N5O3S.2C20H21N5O2S.CH4/c1-6-26(7-2)20-17-12-15(4)19(30-5)13-18(17)27-21(23-20)22(24-25-27)31(28,29)16-10-8-14(3)9-11-16;1-5-26(6-2)19-16-11-13(3)18(30-4)12-17(16)27-20(23-19)21(24-25-27)31(28,29)15-9-7-14(22)8-10-15;1-5-25(6-2)19-16-12-14(3)18(29-4)13-17(16)26-20(22-19)21(23-24-26)30(27,28)15-10-8-7-9-11-15;2*1-4-24(5-2)18-16-13-14(3)11-12-17(16)25-19(21-18)20(22-23-25)28(26,27)15-9-7-6-8-10-15;/h8-13H,6-7H2,1-5H3;7-12H,5-6H2,1-4H3;7-13H,5-6H2,1-4H3;2*6-13H,4-5H2,1-3H3;1H4. The summed E-state index contributed by atoms with van der Waals surface area (Å²) >= 11 is 5.92. The van der Waals surface area contributed by atoms with Crippen molar-refractivity contribution in [2.24, 2.45) is 0 Å². The van der Waals surface area contributed by atoms with Gasteiger partial charge in [-0.25, -0.2) is 67.0 Å². The molecule has 0 saturated carbocycles. The Hall–Kier alpha value is -15.3. The van der Waals surface area contributed by atoms with Crippen LogP contribution in [0.4, 0.5) is 29.1 Å². The van der Waals surface area contributed by atoms with Crippen molar-refractivity contribution < 1.29 is 56.3 Å². The van der Waals surface area contributed by atoms with Crippen LogP contribution in [0.25, 0.3) is 82.8 Å². The average molecular weight is 2130 g/mol. The second kappa shape index (κ2) is 44.4. The lowest BCUT2D eigenvalue weighted by Crippen LogP contribution is -2.24. The number of anilines is 5. The number of halogens is 1. The molecule has 0 spiro atoms. The number of benzene rings is 10. The third kappa shape index (κ3) is 20.4. The highest BCUT2D eigenvalue weighted by atomic mass is 35.5. The summed E-state index contributed by atoms with van der Waals surface area (Å²) in [7, 11) is -14.6. The van der Waals surface area contributed by atoms with Crippen molar-refractivity contribution in [1.82, 2.24) is 99.1 Å². The molecule has 0 atom stereocenters. The zero-order chi connectivity index (χ0) is 106. The molecule has 0 fully saturated rings. The van der Waals surface area contributed by atoms with Gasteiger partial charge in [-0.2, -0.15) is 22.6 Å². The zero-order valence-electron chi connectivity index (χ0n) is 85.2. The first-order valence-electron chi connectivity index (χ1n) is 48.0. The molecular weight excluding hydrogens is 2020 g/mol. The SMILES string of the molecule is C.CCN(CC)c1nc2c(S(=O)(=O)c3ccc(C)cc3)nnn2c2cc(OC)c(C)cc12.CCN(CC)c1nc2c(S(=O)(=O)c3ccc(Cl)cc3)nnn2c2cc(OC)c(C)cc12.CCN(CC)c1nc2c(S(=O)(=O)c3ccccc3)nnn2c2cc(OC)c(C)cc12.CCN(CC)c1nc2c(S(=O)(=O)c3ccccc3)nnn2c2ccc(C)cc12.CCN(CC)c1nc2c(S(=O)(=O)c3ccccc3)nnn2c2ccc(C)cc12. The highest BCUT2D eigenvalue weighted by Gasteiger charge is 2.36. The van der Waals surface area contributed by atoms with Crippen molar-refractivity contribution in [3.63, 3.8) is 0 Å². The molecule has 0 aliphatic carbocycles. The fraction of sp³-hybridized carbons (Fsp3) is 0.286. The molecule has 776 valence electrons. The molecule has 10 aromatic heterocycles. The van der Waals surface area contributed by atoms with Crippen molar-refractivity contribution >= 4 is 173 Å². The smallest absolute Gasteiger partial charge is 0.229 e. The van der Waals surface area contributed by atoms with Crippen LogP contribution in [0.3, 0.4) is 0 Å². The first-order chi connectivity index (χ1) is 71.0. The molecule has 44 heteroatoms. The van der Waals surface area contributed by atoms with Gasteiger partial charge in [-0.05, 0) is 243 Å². The van der Waals surface area contributed by atoms with Crippen molar-refractivity contribution in [1.29, 1.82) is 0 Å². The van der Waals surface area contributed by atoms with E-state index >= 15 is 0 Å². The molecule has 38 nitrogen and oxygen atoms in total. The lowest BCUT2D eigenvalue weighted by Gasteiger charge is -2.22. The quantitative estimate of drug-likeness (QED) is 0.0439. The third-order valence-corrected chi connectivity index (χ3v) is 34.1. The normalized spacial score (nSPS) is 11.8. The van der Waals surface area contributed by atoms with E-state index in [0.29, 0.717) is 69.4 Å². The number of methoxy groups -OCH3 is 3. The summed E-state index contributed by atoms with van der Waals surface area (Å²) in [5.74, 6) is 5.58. The molecule has 0 bridgehead atoms. The molecule has 149 heavy (non-hydrogen) atoms. The Morgan fingerprint density at radius 2 is 0.456 bits per heavy atom. The fourth-order valence-electron chi connectivity index (χ4n) is 17.6. The van der Waals surface area contributed by atoms with Crippen molar-refractivity contribution in [3.05, 3.63) is 251 Å². The number of hydrogen-bond donors (Lipinski definition) is 0. The first-order valence-corrected chi connectivity index (χ1v) is 55.8. The van der Waals surface area contributed by atoms with Gasteiger partial charge in [0.1, 0.15) is 46.3 Å². The lowest BCUT2D eigenvalue weighted by atomic mass is 10.1. The van der Waals surface area contributed by atoms with E-state index in [0.717, 1.165) is 135 Å². The van der Waals surface area contributed by atoms with E-state index in [2.05, 4.69) is 76.1 Å². The van der Waals surface area contributed by atoms with Gasteiger partial charge < -0.3 is 38.7 Å². The van der Waals surface area contributed by atoms with Crippen LogP contribution in [0.2, 0.25) is 5.02 Å². The van der Waals surface area contributed by atoms with E-state index in [9.17, 15) is 42.1 Å². The zero-order valence-corrected chi connectivity index (χ0v) is 90.0. The molecule has 0 radical (unpaired) electrons. The largest absolute Gasteiger partial charge is 0.496 e. The minimum atomic E-state index is -3.95. The fourth-order valence-corrected chi connectivity index (χ4v) is 23.9. The Bertz CT molecular complexity index is 8610. The summed E-state index contributed by atoms with van der Waals surface area (Å²) in [6, 6.07) is 60.7. The third-order valence-electron chi connectivity index (χ3n) is 25.5. The Labute approximate surface area is 868 Å². The monoisotopic (exact) mass is 2130 g/mol.